The molecule has 6 heteroatoms. The summed E-state index contributed by atoms with van der Waals surface area (Å²) in [5, 5.41) is 3.34. The third kappa shape index (κ3) is 6.78. The summed E-state index contributed by atoms with van der Waals surface area (Å²) < 4.78 is 16.8. The highest BCUT2D eigenvalue weighted by atomic mass is 35.5. The lowest BCUT2D eigenvalue weighted by molar-refractivity contribution is -0.139. The molecular formula is C20H32ClNO4. The molecule has 0 fully saturated rings. The number of anilines is 1. The highest BCUT2D eigenvalue weighted by Gasteiger charge is 2.33. The topological polar surface area (TPSA) is 56.8 Å². The van der Waals surface area contributed by atoms with E-state index >= 15 is 0 Å². The molecule has 0 heterocycles. The van der Waals surface area contributed by atoms with Crippen molar-refractivity contribution in [1.82, 2.24) is 0 Å². The number of rotatable bonds is 11. The average molecular weight is 386 g/mol. The minimum atomic E-state index is -0.850. The number of ether oxygens (including phenoxy) is 3. The van der Waals surface area contributed by atoms with Crippen LogP contribution in [-0.2, 0) is 14.3 Å². The van der Waals surface area contributed by atoms with Gasteiger partial charge in [-0.3, -0.25) is 4.79 Å². The van der Waals surface area contributed by atoms with E-state index in [1.54, 1.807) is 25.3 Å². The van der Waals surface area contributed by atoms with Crippen molar-refractivity contribution in [2.45, 2.75) is 65.1 Å². The molecule has 0 aliphatic heterocycles. The van der Waals surface area contributed by atoms with Crippen LogP contribution in [0.15, 0.2) is 18.2 Å². The summed E-state index contributed by atoms with van der Waals surface area (Å²) in [4.78, 5) is 12.6. The van der Waals surface area contributed by atoms with Crippen molar-refractivity contribution in [3.8, 4) is 5.75 Å². The summed E-state index contributed by atoms with van der Waals surface area (Å²) in [5.41, 5.74) is -0.480. The minimum absolute atomic E-state index is 0.173. The molecule has 1 unspecified atom stereocenters. The van der Waals surface area contributed by atoms with E-state index in [2.05, 4.69) is 5.32 Å². The van der Waals surface area contributed by atoms with E-state index in [0.29, 0.717) is 36.1 Å². The fraction of sp³-hybridized carbons (Fsp3) is 0.650. The van der Waals surface area contributed by atoms with Gasteiger partial charge in [0, 0.05) is 25.8 Å². The highest BCUT2D eigenvalue weighted by Crippen LogP contribution is 2.29. The SMILES string of the molecule is CCCC(C)(OCC)C(=O)Nc1ccc(OCCC(C)(C)OC)c(Cl)c1. The fourth-order valence-corrected chi connectivity index (χ4v) is 2.75. The third-order valence-electron chi connectivity index (χ3n) is 4.37. The first kappa shape index (κ1) is 22.7. The second-order valence-corrected chi connectivity index (χ2v) is 7.48. The predicted molar refractivity (Wildman–Crippen MR) is 106 cm³/mol. The van der Waals surface area contributed by atoms with Crippen LogP contribution in [-0.4, -0.2) is 37.4 Å². The first-order chi connectivity index (χ1) is 12.2. The van der Waals surface area contributed by atoms with Gasteiger partial charge in [-0.25, -0.2) is 0 Å². The summed E-state index contributed by atoms with van der Waals surface area (Å²) in [6.07, 6.45) is 2.24. The Morgan fingerprint density at radius 2 is 1.88 bits per heavy atom. The lowest BCUT2D eigenvalue weighted by Gasteiger charge is -2.28. The molecule has 0 aliphatic carbocycles. The molecule has 0 saturated carbocycles. The van der Waals surface area contributed by atoms with E-state index in [9.17, 15) is 4.79 Å². The van der Waals surface area contributed by atoms with Gasteiger partial charge in [0.05, 0.1) is 17.2 Å². The van der Waals surface area contributed by atoms with Crippen molar-refractivity contribution in [3.05, 3.63) is 23.2 Å². The first-order valence-electron chi connectivity index (χ1n) is 9.10. The number of halogens is 1. The molecule has 26 heavy (non-hydrogen) atoms. The lowest BCUT2D eigenvalue weighted by Crippen LogP contribution is -2.42. The molecule has 0 aromatic heterocycles. The Bertz CT molecular complexity index is 583. The van der Waals surface area contributed by atoms with Crippen molar-refractivity contribution < 1.29 is 19.0 Å². The van der Waals surface area contributed by atoms with Gasteiger partial charge >= 0.3 is 0 Å². The molecule has 0 aliphatic rings. The number of nitrogens with one attached hydrogen (secondary N) is 1. The third-order valence-corrected chi connectivity index (χ3v) is 4.67. The number of methoxy groups -OCH3 is 1. The Morgan fingerprint density at radius 3 is 2.42 bits per heavy atom. The highest BCUT2D eigenvalue weighted by molar-refractivity contribution is 6.32. The largest absolute Gasteiger partial charge is 0.492 e. The second kappa shape index (κ2) is 10.1. The van der Waals surface area contributed by atoms with Gasteiger partial charge in [-0.05, 0) is 52.3 Å². The molecule has 1 aromatic rings. The first-order valence-corrected chi connectivity index (χ1v) is 9.48. The monoisotopic (exact) mass is 385 g/mol. The Hall–Kier alpha value is -1.30. The molecule has 0 radical (unpaired) electrons. The van der Waals surface area contributed by atoms with E-state index in [-0.39, 0.29) is 11.5 Å². The van der Waals surface area contributed by atoms with Crippen LogP contribution in [0.25, 0.3) is 0 Å². The Morgan fingerprint density at radius 1 is 1.19 bits per heavy atom. The van der Waals surface area contributed by atoms with Gasteiger partial charge in [0.25, 0.3) is 5.91 Å². The van der Waals surface area contributed by atoms with Crippen molar-refractivity contribution in [3.63, 3.8) is 0 Å². The van der Waals surface area contributed by atoms with Crippen molar-refractivity contribution in [2.75, 3.05) is 25.6 Å². The summed E-state index contributed by atoms with van der Waals surface area (Å²) in [6.45, 7) is 10.7. The molecule has 1 N–H and O–H groups in total. The molecule has 1 rings (SSSR count). The van der Waals surface area contributed by atoms with Crippen LogP contribution < -0.4 is 10.1 Å². The van der Waals surface area contributed by atoms with Gasteiger partial charge in [0.1, 0.15) is 11.4 Å². The lowest BCUT2D eigenvalue weighted by atomic mass is 9.99. The molecule has 148 valence electrons. The summed E-state index contributed by atoms with van der Waals surface area (Å²) in [6, 6.07) is 5.23. The van der Waals surface area contributed by atoms with E-state index in [0.717, 1.165) is 12.8 Å². The maximum atomic E-state index is 12.6. The van der Waals surface area contributed by atoms with Gasteiger partial charge in [-0.2, -0.15) is 0 Å². The van der Waals surface area contributed by atoms with E-state index in [1.165, 1.54) is 0 Å². The molecule has 5 nitrogen and oxygen atoms in total. The Kier molecular flexibility index (Phi) is 8.87. The van der Waals surface area contributed by atoms with Gasteiger partial charge in [-0.1, -0.05) is 24.9 Å². The summed E-state index contributed by atoms with van der Waals surface area (Å²) in [7, 11) is 1.68. The van der Waals surface area contributed by atoms with Crippen molar-refractivity contribution in [2.24, 2.45) is 0 Å². The molecule has 0 saturated heterocycles. The Balaban J connectivity index is 2.73. The van der Waals surface area contributed by atoms with Crippen molar-refractivity contribution >= 4 is 23.2 Å². The van der Waals surface area contributed by atoms with E-state index < -0.39 is 5.60 Å². The predicted octanol–water partition coefficient (Wildman–Crippen LogP) is 5.07. The number of amides is 1. The maximum absolute atomic E-state index is 12.6. The van der Waals surface area contributed by atoms with Crippen LogP contribution >= 0.6 is 11.6 Å². The van der Waals surface area contributed by atoms with Crippen LogP contribution in [0.5, 0.6) is 5.75 Å². The van der Waals surface area contributed by atoms with Crippen LogP contribution in [0.2, 0.25) is 5.02 Å². The minimum Gasteiger partial charge on any atom is -0.492 e. The quantitative estimate of drug-likeness (QED) is 0.577. The zero-order valence-electron chi connectivity index (χ0n) is 16.8. The maximum Gasteiger partial charge on any atom is 0.256 e. The number of hydrogen-bond donors (Lipinski definition) is 1. The van der Waals surface area contributed by atoms with Crippen LogP contribution in [0.4, 0.5) is 5.69 Å². The van der Waals surface area contributed by atoms with Crippen LogP contribution in [0.1, 0.15) is 53.9 Å². The van der Waals surface area contributed by atoms with Gasteiger partial charge in [0.2, 0.25) is 0 Å². The standard InChI is InChI=1S/C20H32ClNO4/c1-7-11-20(5,26-8-2)18(23)22-15-9-10-17(16(21)14-15)25-13-12-19(3,4)24-6/h9-10,14H,7-8,11-13H2,1-6H3,(H,22,23). The number of benzene rings is 1. The Labute approximate surface area is 162 Å². The van der Waals surface area contributed by atoms with Crippen LogP contribution in [0, 0.1) is 0 Å². The molecular weight excluding hydrogens is 354 g/mol. The van der Waals surface area contributed by atoms with Gasteiger partial charge in [-0.15, -0.1) is 0 Å². The number of hydrogen-bond acceptors (Lipinski definition) is 4. The molecule has 1 aromatic carbocycles. The molecule has 1 atom stereocenters. The summed E-state index contributed by atoms with van der Waals surface area (Å²) in [5.74, 6) is 0.408. The van der Waals surface area contributed by atoms with Gasteiger partial charge < -0.3 is 19.5 Å². The zero-order chi connectivity index (χ0) is 19.8. The molecule has 0 spiro atoms. The number of carbonyl (C=O) groups is 1. The normalized spacial score (nSPS) is 14.0. The van der Waals surface area contributed by atoms with E-state index in [1.807, 2.05) is 34.6 Å². The van der Waals surface area contributed by atoms with Crippen molar-refractivity contribution in [1.29, 1.82) is 0 Å². The average Bonchev–Trinajstić information content (AvgIpc) is 2.57. The van der Waals surface area contributed by atoms with E-state index in [4.69, 9.17) is 25.8 Å². The smallest absolute Gasteiger partial charge is 0.256 e. The summed E-state index contributed by atoms with van der Waals surface area (Å²) >= 11 is 6.29. The fourth-order valence-electron chi connectivity index (χ4n) is 2.51. The van der Waals surface area contributed by atoms with Gasteiger partial charge in [0.15, 0.2) is 0 Å². The number of carbonyl (C=O) groups excluding carboxylic acids is 1. The molecule has 0 bridgehead atoms. The van der Waals surface area contributed by atoms with Crippen LogP contribution in [0.3, 0.4) is 0 Å². The molecule has 1 amide bonds. The zero-order valence-corrected chi connectivity index (χ0v) is 17.5. The second-order valence-electron chi connectivity index (χ2n) is 7.08.